The van der Waals surface area contributed by atoms with Crippen LogP contribution in [0.25, 0.3) is 0 Å². The summed E-state index contributed by atoms with van der Waals surface area (Å²) in [6.45, 7) is 2.00. The molecule has 1 aromatic carbocycles. The lowest BCUT2D eigenvalue weighted by atomic mass is 10.1. The van der Waals surface area contributed by atoms with Crippen LogP contribution in [0.1, 0.15) is 13.3 Å². The predicted octanol–water partition coefficient (Wildman–Crippen LogP) is 2.06. The Morgan fingerprint density at radius 1 is 1.25 bits per heavy atom. The van der Waals surface area contributed by atoms with Crippen LogP contribution in [0.15, 0.2) is 29.2 Å². The van der Waals surface area contributed by atoms with Gasteiger partial charge in [0.2, 0.25) is 9.05 Å². The Balaban J connectivity index is 2.74. The smallest absolute Gasteiger partial charge is 0.232 e. The topological polar surface area (TPSA) is 77.5 Å². The van der Waals surface area contributed by atoms with Crippen LogP contribution < -0.4 is 4.74 Å². The Hall–Kier alpha value is -0.790. The summed E-state index contributed by atoms with van der Waals surface area (Å²) < 4.78 is 50.3. The summed E-state index contributed by atoms with van der Waals surface area (Å²) in [5.41, 5.74) is 0. The van der Waals surface area contributed by atoms with Crippen molar-refractivity contribution in [3.05, 3.63) is 24.3 Å². The molecule has 8 heteroatoms. The number of halogens is 1. The summed E-state index contributed by atoms with van der Waals surface area (Å²) in [5.74, 6) is -0.0191. The molecule has 5 nitrogen and oxygen atoms in total. The fourth-order valence-corrected chi connectivity index (χ4v) is 3.66. The molecule has 0 radical (unpaired) electrons. The summed E-state index contributed by atoms with van der Waals surface area (Å²) in [6, 6.07) is 6.08. The molecular weight excluding hydrogens is 324 g/mol. The highest BCUT2D eigenvalue weighted by molar-refractivity contribution is 8.13. The SMILES string of the molecule is CCC(COc1cccc(S(C)(=O)=O)c1)CS(=O)(=O)Cl. The van der Waals surface area contributed by atoms with E-state index in [0.717, 1.165) is 6.26 Å². The first-order chi connectivity index (χ1) is 9.12. The highest BCUT2D eigenvalue weighted by Crippen LogP contribution is 2.19. The van der Waals surface area contributed by atoms with E-state index in [-0.39, 0.29) is 23.2 Å². The molecule has 0 fully saturated rings. The first kappa shape index (κ1) is 17.3. The van der Waals surface area contributed by atoms with Crippen molar-refractivity contribution in [2.45, 2.75) is 18.2 Å². The van der Waals surface area contributed by atoms with Crippen LogP contribution in [0.3, 0.4) is 0 Å². The zero-order valence-electron chi connectivity index (χ0n) is 11.2. The van der Waals surface area contributed by atoms with Crippen LogP contribution in [0.2, 0.25) is 0 Å². The van der Waals surface area contributed by atoms with Gasteiger partial charge in [-0.15, -0.1) is 0 Å². The molecule has 1 rings (SSSR count). The van der Waals surface area contributed by atoms with E-state index in [9.17, 15) is 16.8 Å². The molecule has 114 valence electrons. The lowest BCUT2D eigenvalue weighted by Crippen LogP contribution is -2.19. The molecule has 0 saturated heterocycles. The van der Waals surface area contributed by atoms with Crippen LogP contribution in [0.5, 0.6) is 5.75 Å². The number of sulfone groups is 1. The van der Waals surface area contributed by atoms with Crippen LogP contribution >= 0.6 is 10.7 Å². The molecule has 0 N–H and O–H groups in total. The molecule has 0 saturated carbocycles. The van der Waals surface area contributed by atoms with Crippen molar-refractivity contribution < 1.29 is 21.6 Å². The highest BCUT2D eigenvalue weighted by Gasteiger charge is 2.16. The minimum absolute atomic E-state index is 0.160. The molecular formula is C12H17ClO5S2. The van der Waals surface area contributed by atoms with E-state index in [1.165, 1.54) is 12.1 Å². The van der Waals surface area contributed by atoms with Gasteiger partial charge in [0.25, 0.3) is 0 Å². The molecule has 1 aromatic rings. The van der Waals surface area contributed by atoms with Crippen molar-refractivity contribution in [2.75, 3.05) is 18.6 Å². The second-order valence-electron chi connectivity index (χ2n) is 4.54. The van der Waals surface area contributed by atoms with Crippen molar-refractivity contribution in [3.8, 4) is 5.75 Å². The molecule has 1 atom stereocenters. The average molecular weight is 341 g/mol. The lowest BCUT2D eigenvalue weighted by Gasteiger charge is -2.14. The summed E-state index contributed by atoms with van der Waals surface area (Å²) in [4.78, 5) is 0.160. The minimum atomic E-state index is -3.57. The Labute approximate surface area is 124 Å². The zero-order valence-corrected chi connectivity index (χ0v) is 13.6. The molecule has 1 unspecified atom stereocenters. The maximum Gasteiger partial charge on any atom is 0.232 e. The predicted molar refractivity (Wildman–Crippen MR) is 78.5 cm³/mol. The molecule has 0 spiro atoms. The summed E-state index contributed by atoms with van der Waals surface area (Å²) in [7, 11) is -1.66. The van der Waals surface area contributed by atoms with Gasteiger partial charge in [0, 0.05) is 22.9 Å². The Morgan fingerprint density at radius 2 is 1.90 bits per heavy atom. The summed E-state index contributed by atoms with van der Waals surface area (Å²) in [6.07, 6.45) is 1.71. The normalized spacial score (nSPS) is 13.9. The fourth-order valence-electron chi connectivity index (χ4n) is 1.57. The maximum absolute atomic E-state index is 11.4. The second-order valence-corrected chi connectivity index (χ2v) is 9.38. The third-order valence-corrected chi connectivity index (χ3v) is 5.09. The van der Waals surface area contributed by atoms with Crippen LogP contribution in [-0.2, 0) is 18.9 Å². The van der Waals surface area contributed by atoms with Crippen molar-refractivity contribution in [2.24, 2.45) is 5.92 Å². The van der Waals surface area contributed by atoms with Gasteiger partial charge in [0.15, 0.2) is 9.84 Å². The lowest BCUT2D eigenvalue weighted by molar-refractivity contribution is 0.257. The molecule has 0 amide bonds. The van der Waals surface area contributed by atoms with Crippen molar-refractivity contribution in [1.82, 2.24) is 0 Å². The average Bonchev–Trinajstić information content (AvgIpc) is 2.32. The van der Waals surface area contributed by atoms with Gasteiger partial charge in [-0.1, -0.05) is 13.0 Å². The van der Waals surface area contributed by atoms with E-state index in [2.05, 4.69) is 0 Å². The van der Waals surface area contributed by atoms with Gasteiger partial charge in [-0.25, -0.2) is 16.8 Å². The number of ether oxygens (including phenoxy) is 1. The van der Waals surface area contributed by atoms with Gasteiger partial charge in [-0.3, -0.25) is 0 Å². The van der Waals surface area contributed by atoms with Crippen molar-refractivity contribution >= 4 is 29.6 Å². The number of benzene rings is 1. The summed E-state index contributed by atoms with van der Waals surface area (Å²) in [5, 5.41) is 0. The molecule has 0 bridgehead atoms. The van der Waals surface area contributed by atoms with E-state index >= 15 is 0 Å². The Morgan fingerprint density at radius 3 is 2.40 bits per heavy atom. The third kappa shape index (κ3) is 6.11. The van der Waals surface area contributed by atoms with E-state index in [0.29, 0.717) is 12.2 Å². The van der Waals surface area contributed by atoms with Crippen LogP contribution in [0.4, 0.5) is 0 Å². The maximum atomic E-state index is 11.4. The molecule has 0 aliphatic carbocycles. The highest BCUT2D eigenvalue weighted by atomic mass is 35.7. The molecule has 20 heavy (non-hydrogen) atoms. The standard InChI is InChI=1S/C12H17ClO5S2/c1-3-10(9-20(13,16)17)8-18-11-5-4-6-12(7-11)19(2,14)15/h4-7,10H,3,8-9H2,1-2H3. The van der Waals surface area contributed by atoms with Crippen LogP contribution in [0, 0.1) is 5.92 Å². The molecule has 0 aromatic heterocycles. The van der Waals surface area contributed by atoms with Gasteiger partial charge in [0.1, 0.15) is 5.75 Å². The van der Waals surface area contributed by atoms with Gasteiger partial charge in [0.05, 0.1) is 17.3 Å². The van der Waals surface area contributed by atoms with Gasteiger partial charge in [-0.2, -0.15) is 0 Å². The van der Waals surface area contributed by atoms with E-state index < -0.39 is 18.9 Å². The zero-order chi connectivity index (χ0) is 15.4. The largest absolute Gasteiger partial charge is 0.493 e. The van der Waals surface area contributed by atoms with Crippen molar-refractivity contribution in [1.29, 1.82) is 0 Å². The summed E-state index contributed by atoms with van der Waals surface area (Å²) >= 11 is 0. The van der Waals surface area contributed by atoms with E-state index in [1.54, 1.807) is 12.1 Å². The molecule has 0 heterocycles. The molecule has 0 aliphatic rings. The van der Waals surface area contributed by atoms with Gasteiger partial charge < -0.3 is 4.74 Å². The molecule has 0 aliphatic heterocycles. The van der Waals surface area contributed by atoms with Crippen molar-refractivity contribution in [3.63, 3.8) is 0 Å². The number of hydrogen-bond donors (Lipinski definition) is 0. The number of rotatable bonds is 7. The monoisotopic (exact) mass is 340 g/mol. The quantitative estimate of drug-likeness (QED) is 0.710. The number of hydrogen-bond acceptors (Lipinski definition) is 5. The fraction of sp³-hybridized carbons (Fsp3) is 0.500. The van der Waals surface area contributed by atoms with Gasteiger partial charge in [-0.05, 0) is 24.6 Å². The second kappa shape index (κ2) is 6.78. The third-order valence-electron chi connectivity index (χ3n) is 2.73. The van der Waals surface area contributed by atoms with Gasteiger partial charge >= 0.3 is 0 Å². The first-order valence-electron chi connectivity index (χ1n) is 5.97. The Bertz CT molecular complexity index is 652. The van der Waals surface area contributed by atoms with E-state index in [1.807, 2.05) is 6.92 Å². The van der Waals surface area contributed by atoms with E-state index in [4.69, 9.17) is 15.4 Å². The first-order valence-corrected chi connectivity index (χ1v) is 10.3. The minimum Gasteiger partial charge on any atom is -0.493 e. The Kier molecular flexibility index (Phi) is 5.85. The van der Waals surface area contributed by atoms with Crippen LogP contribution in [-0.4, -0.2) is 35.5 Å².